The second-order valence-corrected chi connectivity index (χ2v) is 9.44. The second-order valence-electron chi connectivity index (χ2n) is 9.44. The lowest BCUT2D eigenvalue weighted by molar-refractivity contribution is -0.120. The van der Waals surface area contributed by atoms with Crippen LogP contribution in [-0.4, -0.2) is 17.5 Å². The largest absolute Gasteiger partial charge is 0.299 e. The van der Waals surface area contributed by atoms with Crippen LogP contribution in [0.25, 0.3) is 0 Å². The van der Waals surface area contributed by atoms with Gasteiger partial charge in [-0.05, 0) is 61.7 Å². The molecule has 3 saturated carbocycles. The van der Waals surface area contributed by atoms with Gasteiger partial charge in [0.05, 0.1) is 6.04 Å². The number of fused-ring (bicyclic) bond motifs is 5. The van der Waals surface area contributed by atoms with E-state index in [-0.39, 0.29) is 5.41 Å². The Morgan fingerprint density at radius 1 is 1.13 bits per heavy atom. The van der Waals surface area contributed by atoms with Crippen LogP contribution < -0.4 is 0 Å². The molecule has 2 heteroatoms. The lowest BCUT2D eigenvalue weighted by Crippen LogP contribution is -2.56. The molecule has 0 bridgehead atoms. The highest BCUT2D eigenvalue weighted by molar-refractivity contribution is 6.07. The van der Waals surface area contributed by atoms with Gasteiger partial charge in [0.25, 0.3) is 0 Å². The Bertz CT molecular complexity index is 538. The van der Waals surface area contributed by atoms with E-state index in [4.69, 9.17) is 4.99 Å². The first kappa shape index (κ1) is 15.8. The van der Waals surface area contributed by atoms with Gasteiger partial charge in [0.15, 0.2) is 0 Å². The average molecular weight is 316 g/mol. The van der Waals surface area contributed by atoms with Gasteiger partial charge in [-0.2, -0.15) is 0 Å². The predicted octanol–water partition coefficient (Wildman–Crippen LogP) is 5.20. The molecule has 0 spiro atoms. The maximum Gasteiger partial charge on any atom is 0.138 e. The summed E-state index contributed by atoms with van der Waals surface area (Å²) in [5.41, 5.74) is 2.10. The zero-order valence-corrected chi connectivity index (χ0v) is 15.2. The smallest absolute Gasteiger partial charge is 0.138 e. The maximum absolute atomic E-state index is 12.0. The third kappa shape index (κ3) is 2.27. The van der Waals surface area contributed by atoms with Crippen molar-refractivity contribution in [1.29, 1.82) is 0 Å². The average Bonchev–Trinajstić information content (AvgIpc) is 2.91. The van der Waals surface area contributed by atoms with Crippen molar-refractivity contribution in [1.82, 2.24) is 0 Å². The van der Waals surface area contributed by atoms with E-state index in [1.54, 1.807) is 0 Å². The quantitative estimate of drug-likeness (QED) is 0.688. The third-order valence-corrected chi connectivity index (χ3v) is 8.23. The molecule has 1 aliphatic heterocycles. The summed E-state index contributed by atoms with van der Waals surface area (Å²) in [6.45, 7) is 7.32. The maximum atomic E-state index is 12.0. The number of carbonyl (C=O) groups is 1. The van der Waals surface area contributed by atoms with Crippen molar-refractivity contribution < 1.29 is 4.79 Å². The van der Waals surface area contributed by atoms with Gasteiger partial charge in [0.1, 0.15) is 5.78 Å². The number of nitrogens with zero attached hydrogens (tertiary/aromatic N) is 1. The molecule has 4 rings (SSSR count). The number of rotatable bonds is 2. The van der Waals surface area contributed by atoms with Crippen LogP contribution in [-0.2, 0) is 4.79 Å². The molecule has 2 nitrogen and oxygen atoms in total. The van der Waals surface area contributed by atoms with E-state index in [1.807, 2.05) is 0 Å². The molecule has 0 aromatic rings. The minimum atomic E-state index is 0.229. The lowest BCUT2D eigenvalue weighted by Gasteiger charge is -2.58. The zero-order valence-electron chi connectivity index (χ0n) is 15.2. The fraction of sp³-hybridized carbons (Fsp3) is 0.905. The number of Topliss-reactive ketones (excluding diaryl/α,β-unsaturated/α-hetero) is 1. The van der Waals surface area contributed by atoms with Gasteiger partial charge in [-0.15, -0.1) is 0 Å². The van der Waals surface area contributed by atoms with E-state index in [9.17, 15) is 4.79 Å². The number of carbonyl (C=O) groups excluding carboxylic acids is 1. The normalized spacial score (nSPS) is 49.2. The van der Waals surface area contributed by atoms with Gasteiger partial charge in [0, 0.05) is 24.0 Å². The Kier molecular flexibility index (Phi) is 3.74. The van der Waals surface area contributed by atoms with Crippen molar-refractivity contribution in [3.8, 4) is 0 Å². The van der Waals surface area contributed by atoms with Crippen molar-refractivity contribution in [3.05, 3.63) is 0 Å². The summed E-state index contributed by atoms with van der Waals surface area (Å²) in [6.07, 6.45) is 12.0. The van der Waals surface area contributed by atoms with Crippen LogP contribution >= 0.6 is 0 Å². The summed E-state index contributed by atoms with van der Waals surface area (Å²) in [5.74, 6) is 2.89. The molecule has 0 saturated heterocycles. The molecule has 3 aliphatic carbocycles. The SMILES string of the molecule is CCCC1N=C2CC(=O)CC[C@]2(C)[C@@H]2CC[C@]3(C)CCC[C@H]3[C@H]12. The second kappa shape index (κ2) is 5.43. The molecule has 6 atom stereocenters. The van der Waals surface area contributed by atoms with Crippen LogP contribution in [0.3, 0.4) is 0 Å². The third-order valence-electron chi connectivity index (χ3n) is 8.23. The van der Waals surface area contributed by atoms with Gasteiger partial charge >= 0.3 is 0 Å². The van der Waals surface area contributed by atoms with E-state index in [0.29, 0.717) is 23.7 Å². The van der Waals surface area contributed by atoms with Crippen molar-refractivity contribution in [3.63, 3.8) is 0 Å². The summed E-state index contributed by atoms with van der Waals surface area (Å²) < 4.78 is 0. The molecule has 0 aromatic heterocycles. The lowest BCUT2D eigenvalue weighted by atomic mass is 9.48. The minimum absolute atomic E-state index is 0.229. The van der Waals surface area contributed by atoms with E-state index in [2.05, 4.69) is 20.8 Å². The molecular formula is C21H33NO. The Labute approximate surface area is 141 Å². The molecule has 0 N–H and O–H groups in total. The van der Waals surface area contributed by atoms with Crippen LogP contribution in [0.4, 0.5) is 0 Å². The van der Waals surface area contributed by atoms with Crippen molar-refractivity contribution in [2.75, 3.05) is 0 Å². The van der Waals surface area contributed by atoms with E-state index >= 15 is 0 Å². The number of aliphatic imine (C=N–C) groups is 1. The van der Waals surface area contributed by atoms with Crippen LogP contribution in [0.2, 0.25) is 0 Å². The van der Waals surface area contributed by atoms with Gasteiger partial charge in [-0.25, -0.2) is 0 Å². The van der Waals surface area contributed by atoms with Gasteiger partial charge in [-0.1, -0.05) is 33.6 Å². The van der Waals surface area contributed by atoms with Crippen LogP contribution in [0.15, 0.2) is 4.99 Å². The summed E-state index contributed by atoms with van der Waals surface area (Å²) in [4.78, 5) is 17.3. The van der Waals surface area contributed by atoms with Gasteiger partial charge < -0.3 is 0 Å². The number of hydrogen-bond acceptors (Lipinski definition) is 2. The molecule has 0 radical (unpaired) electrons. The summed E-state index contributed by atoms with van der Waals surface area (Å²) in [5, 5.41) is 0. The fourth-order valence-electron chi connectivity index (χ4n) is 6.92. The first-order chi connectivity index (χ1) is 11.0. The highest BCUT2D eigenvalue weighted by Gasteiger charge is 2.58. The Morgan fingerprint density at radius 2 is 1.96 bits per heavy atom. The summed E-state index contributed by atoms with van der Waals surface area (Å²) in [7, 11) is 0. The van der Waals surface area contributed by atoms with Crippen LogP contribution in [0.1, 0.15) is 85.0 Å². The monoisotopic (exact) mass is 315 g/mol. The van der Waals surface area contributed by atoms with Crippen molar-refractivity contribution in [2.24, 2.45) is 33.6 Å². The molecular weight excluding hydrogens is 282 g/mol. The highest BCUT2D eigenvalue weighted by atomic mass is 16.1. The van der Waals surface area contributed by atoms with Gasteiger partial charge in [-0.3, -0.25) is 9.79 Å². The van der Waals surface area contributed by atoms with Crippen molar-refractivity contribution in [2.45, 2.75) is 91.0 Å². The molecule has 128 valence electrons. The van der Waals surface area contributed by atoms with Crippen LogP contribution in [0.5, 0.6) is 0 Å². The minimum Gasteiger partial charge on any atom is -0.299 e. The first-order valence-electron chi connectivity index (χ1n) is 10.1. The summed E-state index contributed by atoms with van der Waals surface area (Å²) >= 11 is 0. The molecule has 0 amide bonds. The Balaban J connectivity index is 1.76. The van der Waals surface area contributed by atoms with E-state index in [1.165, 1.54) is 50.7 Å². The number of hydrogen-bond donors (Lipinski definition) is 0. The highest BCUT2D eigenvalue weighted by Crippen LogP contribution is 2.63. The van der Waals surface area contributed by atoms with Gasteiger partial charge in [0.2, 0.25) is 0 Å². The zero-order chi connectivity index (χ0) is 16.2. The van der Waals surface area contributed by atoms with E-state index in [0.717, 1.165) is 30.6 Å². The molecule has 3 fully saturated rings. The summed E-state index contributed by atoms with van der Waals surface area (Å²) in [6, 6.07) is 0.502. The molecule has 23 heavy (non-hydrogen) atoms. The predicted molar refractivity (Wildman–Crippen MR) is 94.8 cm³/mol. The molecule has 4 aliphatic rings. The fourth-order valence-corrected chi connectivity index (χ4v) is 6.92. The Morgan fingerprint density at radius 3 is 2.74 bits per heavy atom. The standard InChI is InChI=1S/C21H33NO/c1-4-6-17-19-15-7-5-10-20(15,2)11-9-16(19)21(3)12-8-14(23)13-18(21)22-17/h15-17,19H,4-13H2,1-3H3/t15-,16+,17?,19-,20-,21+/m0/s1. The topological polar surface area (TPSA) is 29.4 Å². The van der Waals surface area contributed by atoms with Crippen molar-refractivity contribution >= 4 is 11.5 Å². The molecule has 0 aromatic carbocycles. The Hall–Kier alpha value is -0.660. The first-order valence-corrected chi connectivity index (χ1v) is 10.1. The van der Waals surface area contributed by atoms with E-state index < -0.39 is 0 Å². The molecule has 1 heterocycles. The molecule has 1 unspecified atom stereocenters. The number of ketones is 1. The van der Waals surface area contributed by atoms with Crippen LogP contribution in [0, 0.1) is 28.6 Å².